The molecule has 15 heavy (non-hydrogen) atoms. The third kappa shape index (κ3) is 2.72. The Kier molecular flexibility index (Phi) is 3.27. The zero-order valence-corrected chi connectivity index (χ0v) is 9.64. The van der Waals surface area contributed by atoms with Crippen molar-refractivity contribution >= 4 is 5.69 Å². The molecule has 0 aromatic heterocycles. The van der Waals surface area contributed by atoms with Gasteiger partial charge in [0.15, 0.2) is 0 Å². The molecule has 0 saturated carbocycles. The molecule has 2 rings (SSSR count). The number of piperidine rings is 1. The lowest BCUT2D eigenvalue weighted by molar-refractivity contribution is 0.480. The van der Waals surface area contributed by atoms with E-state index < -0.39 is 0 Å². The maximum absolute atomic E-state index is 3.61. The quantitative estimate of drug-likeness (QED) is 0.773. The smallest absolute Gasteiger partial charge is 0.0386 e. The van der Waals surface area contributed by atoms with Gasteiger partial charge in [-0.05, 0) is 44.9 Å². The van der Waals surface area contributed by atoms with E-state index >= 15 is 0 Å². The summed E-state index contributed by atoms with van der Waals surface area (Å²) < 4.78 is 0. The fraction of sp³-hybridized carbons (Fsp3) is 0.538. The summed E-state index contributed by atoms with van der Waals surface area (Å²) in [5.41, 5.74) is 3.97. The van der Waals surface area contributed by atoms with E-state index in [-0.39, 0.29) is 0 Å². The van der Waals surface area contributed by atoms with Gasteiger partial charge >= 0.3 is 0 Å². The number of hydrogen-bond acceptors (Lipinski definition) is 2. The summed E-state index contributed by atoms with van der Waals surface area (Å²) in [7, 11) is 0. The van der Waals surface area contributed by atoms with Gasteiger partial charge in [-0.3, -0.25) is 0 Å². The van der Waals surface area contributed by atoms with Crippen molar-refractivity contribution in [3.05, 3.63) is 29.3 Å². The van der Waals surface area contributed by atoms with Crippen LogP contribution in [0.1, 0.15) is 24.0 Å². The van der Waals surface area contributed by atoms with Crippen LogP contribution in [-0.2, 0) is 0 Å². The number of aryl methyl sites for hydroxylation is 2. The zero-order chi connectivity index (χ0) is 10.7. The average Bonchev–Trinajstić information content (AvgIpc) is 2.24. The normalized spacial score (nSPS) is 21.3. The minimum atomic E-state index is 0.597. The Balaban J connectivity index is 2.03. The largest absolute Gasteiger partial charge is 0.381 e. The van der Waals surface area contributed by atoms with Crippen molar-refractivity contribution in [1.29, 1.82) is 0 Å². The molecule has 0 radical (unpaired) electrons. The van der Waals surface area contributed by atoms with Gasteiger partial charge < -0.3 is 10.6 Å². The molecule has 2 N–H and O–H groups in total. The molecule has 1 aliphatic heterocycles. The molecule has 1 fully saturated rings. The summed E-state index contributed by atoms with van der Waals surface area (Å²) in [6.45, 7) is 6.57. The molecule has 0 aliphatic carbocycles. The molecule has 1 aromatic rings. The lowest BCUT2D eigenvalue weighted by atomic mass is 10.1. The monoisotopic (exact) mass is 204 g/mol. The molecule has 2 nitrogen and oxygen atoms in total. The van der Waals surface area contributed by atoms with E-state index in [1.54, 1.807) is 0 Å². The van der Waals surface area contributed by atoms with Crippen LogP contribution in [0.25, 0.3) is 0 Å². The Labute approximate surface area is 92.1 Å². The average molecular weight is 204 g/mol. The lowest BCUT2D eigenvalue weighted by Gasteiger charge is -2.25. The minimum absolute atomic E-state index is 0.597. The number of anilines is 1. The second kappa shape index (κ2) is 4.67. The molecule has 1 atom stereocenters. The molecule has 0 bridgehead atoms. The van der Waals surface area contributed by atoms with Crippen LogP contribution in [-0.4, -0.2) is 19.1 Å². The van der Waals surface area contributed by atoms with Gasteiger partial charge in [-0.15, -0.1) is 0 Å². The highest BCUT2D eigenvalue weighted by Crippen LogP contribution is 2.18. The summed E-state index contributed by atoms with van der Waals surface area (Å²) in [6, 6.07) is 7.20. The predicted molar refractivity (Wildman–Crippen MR) is 65.4 cm³/mol. The number of nitrogens with one attached hydrogen (secondary N) is 2. The summed E-state index contributed by atoms with van der Waals surface area (Å²) >= 11 is 0. The fourth-order valence-electron chi connectivity index (χ4n) is 2.17. The Morgan fingerprint density at radius 1 is 1.33 bits per heavy atom. The molecule has 1 heterocycles. The van der Waals surface area contributed by atoms with E-state index in [0.717, 1.165) is 6.54 Å². The van der Waals surface area contributed by atoms with Crippen molar-refractivity contribution in [3.8, 4) is 0 Å². The Hall–Kier alpha value is -1.02. The highest BCUT2D eigenvalue weighted by atomic mass is 15.0. The van der Waals surface area contributed by atoms with Crippen LogP contribution >= 0.6 is 0 Å². The Morgan fingerprint density at radius 3 is 2.87 bits per heavy atom. The summed E-state index contributed by atoms with van der Waals surface area (Å²) in [6.07, 6.45) is 2.56. The van der Waals surface area contributed by atoms with Gasteiger partial charge in [0.1, 0.15) is 0 Å². The predicted octanol–water partition coefficient (Wildman–Crippen LogP) is 2.47. The van der Waals surface area contributed by atoms with Crippen molar-refractivity contribution in [3.63, 3.8) is 0 Å². The van der Waals surface area contributed by atoms with Crippen molar-refractivity contribution in [1.82, 2.24) is 5.32 Å². The maximum Gasteiger partial charge on any atom is 0.0386 e. The van der Waals surface area contributed by atoms with Gasteiger partial charge in [-0.2, -0.15) is 0 Å². The van der Waals surface area contributed by atoms with Crippen LogP contribution in [0.4, 0.5) is 5.69 Å². The van der Waals surface area contributed by atoms with E-state index in [1.165, 1.54) is 36.2 Å². The van der Waals surface area contributed by atoms with Crippen molar-refractivity contribution in [2.24, 2.45) is 0 Å². The number of benzene rings is 1. The van der Waals surface area contributed by atoms with Crippen LogP contribution in [0, 0.1) is 13.8 Å². The molecule has 2 heteroatoms. The van der Waals surface area contributed by atoms with Crippen molar-refractivity contribution in [2.45, 2.75) is 32.7 Å². The fourth-order valence-corrected chi connectivity index (χ4v) is 2.17. The number of hydrogen-bond donors (Lipinski definition) is 2. The second-order valence-electron chi connectivity index (χ2n) is 4.51. The maximum atomic E-state index is 3.61. The first-order valence-corrected chi connectivity index (χ1v) is 5.80. The zero-order valence-electron chi connectivity index (χ0n) is 9.64. The van der Waals surface area contributed by atoms with Gasteiger partial charge in [-0.1, -0.05) is 17.7 Å². The van der Waals surface area contributed by atoms with Crippen LogP contribution in [0.15, 0.2) is 18.2 Å². The molecule has 1 saturated heterocycles. The first-order chi connectivity index (χ1) is 7.25. The highest BCUT2D eigenvalue weighted by molar-refractivity contribution is 5.52. The van der Waals surface area contributed by atoms with Crippen LogP contribution in [0.3, 0.4) is 0 Å². The first kappa shape index (κ1) is 10.5. The standard InChI is InChI=1S/C13H20N2/c1-10-5-6-13(11(2)8-10)15-12-4-3-7-14-9-12/h5-6,8,12,14-15H,3-4,7,9H2,1-2H3. The van der Waals surface area contributed by atoms with E-state index in [4.69, 9.17) is 0 Å². The summed E-state index contributed by atoms with van der Waals surface area (Å²) in [5, 5.41) is 7.04. The highest BCUT2D eigenvalue weighted by Gasteiger charge is 2.12. The Morgan fingerprint density at radius 2 is 2.20 bits per heavy atom. The molecular formula is C13H20N2. The first-order valence-electron chi connectivity index (χ1n) is 5.80. The molecule has 1 aromatic carbocycles. The molecule has 0 amide bonds. The second-order valence-corrected chi connectivity index (χ2v) is 4.51. The van der Waals surface area contributed by atoms with E-state index in [1.807, 2.05) is 0 Å². The van der Waals surface area contributed by atoms with Crippen molar-refractivity contribution in [2.75, 3.05) is 18.4 Å². The molecule has 1 aliphatic rings. The molecular weight excluding hydrogens is 184 g/mol. The van der Waals surface area contributed by atoms with Gasteiger partial charge in [0, 0.05) is 18.3 Å². The molecule has 1 unspecified atom stereocenters. The number of rotatable bonds is 2. The SMILES string of the molecule is Cc1ccc(NC2CCCNC2)c(C)c1. The Bertz CT molecular complexity index is 327. The summed E-state index contributed by atoms with van der Waals surface area (Å²) in [5.74, 6) is 0. The van der Waals surface area contributed by atoms with Crippen molar-refractivity contribution < 1.29 is 0 Å². The van der Waals surface area contributed by atoms with E-state index in [0.29, 0.717) is 6.04 Å². The van der Waals surface area contributed by atoms with Gasteiger partial charge in [-0.25, -0.2) is 0 Å². The van der Waals surface area contributed by atoms with Crippen LogP contribution in [0.5, 0.6) is 0 Å². The minimum Gasteiger partial charge on any atom is -0.381 e. The summed E-state index contributed by atoms with van der Waals surface area (Å²) in [4.78, 5) is 0. The van der Waals surface area contributed by atoms with Crippen LogP contribution in [0.2, 0.25) is 0 Å². The van der Waals surface area contributed by atoms with Gasteiger partial charge in [0.2, 0.25) is 0 Å². The van der Waals surface area contributed by atoms with Gasteiger partial charge in [0.05, 0.1) is 0 Å². The van der Waals surface area contributed by atoms with E-state index in [9.17, 15) is 0 Å². The topological polar surface area (TPSA) is 24.1 Å². The van der Waals surface area contributed by atoms with Gasteiger partial charge in [0.25, 0.3) is 0 Å². The van der Waals surface area contributed by atoms with Crippen LogP contribution < -0.4 is 10.6 Å². The molecule has 0 spiro atoms. The lowest BCUT2D eigenvalue weighted by Crippen LogP contribution is -2.38. The molecule has 82 valence electrons. The third-order valence-electron chi connectivity index (χ3n) is 3.04. The van der Waals surface area contributed by atoms with E-state index in [2.05, 4.69) is 42.7 Å². The third-order valence-corrected chi connectivity index (χ3v) is 3.04.